The SMILES string of the molecule is CCC(C)c1cc(Cl)c(Cc2nc(C(=O)Nc3ccc(C#N)cc3)cs2)c(Cl)c1. The molecule has 1 atom stereocenters. The van der Waals surface area contributed by atoms with Gasteiger partial charge in [-0.3, -0.25) is 4.79 Å². The summed E-state index contributed by atoms with van der Waals surface area (Å²) in [5.74, 6) is 0.0814. The second kappa shape index (κ2) is 9.41. The molecule has 1 amide bonds. The topological polar surface area (TPSA) is 65.8 Å². The van der Waals surface area contributed by atoms with Crippen molar-refractivity contribution in [1.29, 1.82) is 5.26 Å². The van der Waals surface area contributed by atoms with Gasteiger partial charge < -0.3 is 5.32 Å². The van der Waals surface area contributed by atoms with Gasteiger partial charge in [0, 0.05) is 27.5 Å². The van der Waals surface area contributed by atoms with Crippen LogP contribution in [0.25, 0.3) is 0 Å². The summed E-state index contributed by atoms with van der Waals surface area (Å²) < 4.78 is 0. The lowest BCUT2D eigenvalue weighted by Crippen LogP contribution is -2.12. The minimum atomic E-state index is -0.304. The van der Waals surface area contributed by atoms with Gasteiger partial charge in [0.1, 0.15) is 5.69 Å². The Morgan fingerprint density at radius 1 is 1.24 bits per heavy atom. The van der Waals surface area contributed by atoms with E-state index in [1.807, 2.05) is 18.2 Å². The van der Waals surface area contributed by atoms with Crippen molar-refractivity contribution >= 4 is 46.1 Å². The number of hydrogen-bond donors (Lipinski definition) is 1. The van der Waals surface area contributed by atoms with E-state index in [4.69, 9.17) is 28.5 Å². The van der Waals surface area contributed by atoms with Gasteiger partial charge in [-0.05, 0) is 59.9 Å². The van der Waals surface area contributed by atoms with Crippen molar-refractivity contribution in [1.82, 2.24) is 4.98 Å². The maximum Gasteiger partial charge on any atom is 0.275 e. The number of carbonyl (C=O) groups excluding carboxylic acids is 1. The molecule has 3 aromatic rings. The van der Waals surface area contributed by atoms with Crippen LogP contribution in [0.3, 0.4) is 0 Å². The molecule has 3 rings (SSSR count). The van der Waals surface area contributed by atoms with Crippen LogP contribution < -0.4 is 5.32 Å². The Morgan fingerprint density at radius 2 is 1.90 bits per heavy atom. The summed E-state index contributed by atoms with van der Waals surface area (Å²) in [6, 6.07) is 12.6. The Morgan fingerprint density at radius 3 is 2.48 bits per heavy atom. The highest BCUT2D eigenvalue weighted by Crippen LogP contribution is 2.33. The number of carbonyl (C=O) groups is 1. The number of rotatable bonds is 6. The summed E-state index contributed by atoms with van der Waals surface area (Å²) in [7, 11) is 0. The average Bonchev–Trinajstić information content (AvgIpc) is 3.19. The zero-order chi connectivity index (χ0) is 21.0. The molecule has 0 aliphatic carbocycles. The van der Waals surface area contributed by atoms with Crippen LogP contribution in [0.5, 0.6) is 0 Å². The van der Waals surface area contributed by atoms with Gasteiger partial charge in [0.2, 0.25) is 0 Å². The average molecular weight is 444 g/mol. The first kappa shape index (κ1) is 21.3. The number of anilines is 1. The molecule has 29 heavy (non-hydrogen) atoms. The maximum atomic E-state index is 12.4. The smallest absolute Gasteiger partial charge is 0.275 e. The normalized spacial score (nSPS) is 11.7. The minimum absolute atomic E-state index is 0.304. The number of amides is 1. The predicted molar refractivity (Wildman–Crippen MR) is 119 cm³/mol. The number of benzene rings is 2. The van der Waals surface area contributed by atoms with E-state index in [1.54, 1.807) is 29.6 Å². The summed E-state index contributed by atoms with van der Waals surface area (Å²) >= 11 is 14.3. The molecule has 0 aliphatic heterocycles. The molecule has 0 aliphatic rings. The summed E-state index contributed by atoms with van der Waals surface area (Å²) in [6.45, 7) is 4.27. The molecule has 0 radical (unpaired) electrons. The molecule has 0 spiro atoms. The van der Waals surface area contributed by atoms with Crippen LogP contribution in [0.1, 0.15) is 58.4 Å². The van der Waals surface area contributed by atoms with Gasteiger partial charge in [0.25, 0.3) is 5.91 Å². The van der Waals surface area contributed by atoms with Crippen LogP contribution in [0.4, 0.5) is 5.69 Å². The third-order valence-electron chi connectivity index (χ3n) is 4.73. The van der Waals surface area contributed by atoms with Gasteiger partial charge in [-0.2, -0.15) is 5.26 Å². The lowest BCUT2D eigenvalue weighted by molar-refractivity contribution is 0.102. The quantitative estimate of drug-likeness (QED) is 0.461. The van der Waals surface area contributed by atoms with Crippen LogP contribution in [0.15, 0.2) is 41.8 Å². The zero-order valence-electron chi connectivity index (χ0n) is 16.0. The molecule has 0 saturated carbocycles. The van der Waals surface area contributed by atoms with Crippen molar-refractivity contribution in [2.24, 2.45) is 0 Å². The molecule has 2 aromatic carbocycles. The largest absolute Gasteiger partial charge is 0.321 e. The molecule has 1 unspecified atom stereocenters. The number of thiazole rings is 1. The van der Waals surface area contributed by atoms with Crippen molar-refractivity contribution < 1.29 is 4.79 Å². The monoisotopic (exact) mass is 443 g/mol. The first-order valence-corrected chi connectivity index (χ1v) is 10.8. The van der Waals surface area contributed by atoms with Crippen LogP contribution in [0.2, 0.25) is 10.0 Å². The Bertz CT molecular complexity index is 1050. The Hall–Kier alpha value is -2.39. The Kier molecular flexibility index (Phi) is 6.92. The first-order chi connectivity index (χ1) is 13.9. The number of nitrogens with zero attached hydrogens (tertiary/aromatic N) is 2. The number of halogens is 2. The van der Waals surface area contributed by atoms with Gasteiger partial charge in [-0.25, -0.2) is 4.98 Å². The van der Waals surface area contributed by atoms with Crippen LogP contribution in [-0.4, -0.2) is 10.9 Å². The van der Waals surface area contributed by atoms with Gasteiger partial charge in [0.15, 0.2) is 0 Å². The van der Waals surface area contributed by atoms with Crippen molar-refractivity contribution in [2.75, 3.05) is 5.32 Å². The van der Waals surface area contributed by atoms with E-state index in [9.17, 15) is 4.79 Å². The number of hydrogen-bond acceptors (Lipinski definition) is 4. The van der Waals surface area contributed by atoms with Gasteiger partial charge in [-0.15, -0.1) is 11.3 Å². The third-order valence-corrected chi connectivity index (χ3v) is 6.25. The van der Waals surface area contributed by atoms with Crippen molar-refractivity contribution in [3.05, 3.63) is 79.2 Å². The Balaban J connectivity index is 1.73. The van der Waals surface area contributed by atoms with E-state index >= 15 is 0 Å². The molecule has 4 nitrogen and oxygen atoms in total. The summed E-state index contributed by atoms with van der Waals surface area (Å²) in [5.41, 5.74) is 3.40. The highest BCUT2D eigenvalue weighted by Gasteiger charge is 2.16. The fraction of sp³-hybridized carbons (Fsp3) is 0.227. The first-order valence-electron chi connectivity index (χ1n) is 9.15. The molecule has 0 saturated heterocycles. The summed E-state index contributed by atoms with van der Waals surface area (Å²) in [5, 5.41) is 15.3. The number of nitrogens with one attached hydrogen (secondary N) is 1. The fourth-order valence-corrected chi connectivity index (χ4v) is 4.21. The van der Waals surface area contributed by atoms with E-state index in [1.165, 1.54) is 11.3 Å². The lowest BCUT2D eigenvalue weighted by Gasteiger charge is -2.13. The second-order valence-corrected chi connectivity index (χ2v) is 8.48. The zero-order valence-corrected chi connectivity index (χ0v) is 18.3. The van der Waals surface area contributed by atoms with E-state index < -0.39 is 0 Å². The lowest BCUT2D eigenvalue weighted by atomic mass is 9.97. The van der Waals surface area contributed by atoms with E-state index in [0.717, 1.165) is 22.6 Å². The third kappa shape index (κ3) is 5.16. The van der Waals surface area contributed by atoms with Crippen molar-refractivity contribution in [3.8, 4) is 6.07 Å². The van der Waals surface area contributed by atoms with Gasteiger partial charge in [0.05, 0.1) is 16.6 Å². The summed E-state index contributed by atoms with van der Waals surface area (Å²) in [6.07, 6.45) is 1.48. The standard InChI is InChI=1S/C22H19Cl2N3OS/c1-3-13(2)15-8-18(23)17(19(24)9-15)10-21-27-20(12-29-21)22(28)26-16-6-4-14(11-25)5-7-16/h4-9,12-13H,3,10H2,1-2H3,(H,26,28). The highest BCUT2D eigenvalue weighted by atomic mass is 35.5. The van der Waals surface area contributed by atoms with Crippen LogP contribution in [-0.2, 0) is 6.42 Å². The maximum absolute atomic E-state index is 12.4. The number of nitriles is 1. The molecule has 148 valence electrons. The fourth-order valence-electron chi connectivity index (χ4n) is 2.78. The van der Waals surface area contributed by atoms with Gasteiger partial charge in [-0.1, -0.05) is 37.0 Å². The molecule has 1 heterocycles. The van der Waals surface area contributed by atoms with E-state index in [0.29, 0.717) is 39.3 Å². The summed E-state index contributed by atoms with van der Waals surface area (Å²) in [4.78, 5) is 16.9. The molecule has 1 aromatic heterocycles. The van der Waals surface area contributed by atoms with E-state index in [2.05, 4.69) is 24.1 Å². The molecule has 0 bridgehead atoms. The van der Waals surface area contributed by atoms with Crippen LogP contribution in [0, 0.1) is 11.3 Å². The minimum Gasteiger partial charge on any atom is -0.321 e. The second-order valence-electron chi connectivity index (χ2n) is 6.72. The predicted octanol–water partition coefficient (Wildman–Crippen LogP) is 6.68. The molecule has 0 fully saturated rings. The van der Waals surface area contributed by atoms with Gasteiger partial charge >= 0.3 is 0 Å². The molecule has 1 N–H and O–H groups in total. The molecular weight excluding hydrogens is 425 g/mol. The van der Waals surface area contributed by atoms with E-state index in [-0.39, 0.29) is 5.91 Å². The number of aromatic nitrogens is 1. The van der Waals surface area contributed by atoms with Crippen molar-refractivity contribution in [2.45, 2.75) is 32.6 Å². The Labute approximate surface area is 184 Å². The molecule has 7 heteroatoms. The molecular formula is C22H19Cl2N3OS. The van der Waals surface area contributed by atoms with Crippen molar-refractivity contribution in [3.63, 3.8) is 0 Å². The highest BCUT2D eigenvalue weighted by molar-refractivity contribution is 7.09. The van der Waals surface area contributed by atoms with Crippen LogP contribution >= 0.6 is 34.5 Å².